The third-order valence-electron chi connectivity index (χ3n) is 4.73. The van der Waals surface area contributed by atoms with Crippen molar-refractivity contribution in [2.24, 2.45) is 0 Å². The van der Waals surface area contributed by atoms with Gasteiger partial charge in [-0.1, -0.05) is 19.9 Å². The Morgan fingerprint density at radius 3 is 2.31 bits per heavy atom. The Morgan fingerprint density at radius 1 is 1.23 bits per heavy atom. The molecule has 1 aliphatic rings. The van der Waals surface area contributed by atoms with Gasteiger partial charge in [0.2, 0.25) is 5.91 Å². The maximum absolute atomic E-state index is 13.7. The molecule has 1 fully saturated rings. The van der Waals surface area contributed by atoms with Gasteiger partial charge in [-0.15, -0.1) is 0 Å². The highest BCUT2D eigenvalue weighted by Crippen LogP contribution is 2.24. The lowest BCUT2D eigenvalue weighted by Crippen LogP contribution is -2.47. The number of imide groups is 1. The first-order valence-corrected chi connectivity index (χ1v) is 8.60. The molecule has 1 aromatic carbocycles. The van der Waals surface area contributed by atoms with Crippen LogP contribution in [0.5, 0.6) is 0 Å². The van der Waals surface area contributed by atoms with Gasteiger partial charge in [-0.3, -0.25) is 14.5 Å². The topological polar surface area (TPSA) is 78.5 Å². The average Bonchev–Trinajstić information content (AvgIpc) is 2.83. The van der Waals surface area contributed by atoms with Crippen LogP contribution in [0, 0.1) is 11.6 Å². The van der Waals surface area contributed by atoms with Gasteiger partial charge in [-0.2, -0.15) is 0 Å². The van der Waals surface area contributed by atoms with Crippen LogP contribution >= 0.6 is 0 Å². The molecule has 1 heterocycles. The number of hydrogen-bond donors (Lipinski definition) is 2. The van der Waals surface area contributed by atoms with Gasteiger partial charge in [0, 0.05) is 11.6 Å². The summed E-state index contributed by atoms with van der Waals surface area (Å²) in [6.07, 6.45) is 0.808. The summed E-state index contributed by atoms with van der Waals surface area (Å²) < 4.78 is 27.4. The zero-order valence-corrected chi connectivity index (χ0v) is 15.1. The number of carbonyl (C=O) groups is 3. The second-order valence-corrected chi connectivity index (χ2v) is 6.48. The molecule has 1 unspecified atom stereocenters. The van der Waals surface area contributed by atoms with E-state index in [2.05, 4.69) is 10.6 Å². The predicted octanol–water partition coefficient (Wildman–Crippen LogP) is 2.12. The second kappa shape index (κ2) is 7.80. The number of carbonyl (C=O) groups excluding carboxylic acids is 3. The van der Waals surface area contributed by atoms with Crippen LogP contribution in [0.25, 0.3) is 0 Å². The van der Waals surface area contributed by atoms with Crippen LogP contribution in [0.1, 0.15) is 39.2 Å². The second-order valence-electron chi connectivity index (χ2n) is 6.48. The van der Waals surface area contributed by atoms with Gasteiger partial charge in [0.25, 0.3) is 5.91 Å². The molecule has 8 heteroatoms. The van der Waals surface area contributed by atoms with Crippen molar-refractivity contribution in [3.63, 3.8) is 0 Å². The number of halogens is 2. The van der Waals surface area contributed by atoms with Crippen LogP contribution in [0.4, 0.5) is 13.6 Å². The summed E-state index contributed by atoms with van der Waals surface area (Å²) >= 11 is 0. The van der Waals surface area contributed by atoms with Gasteiger partial charge in [0.15, 0.2) is 0 Å². The number of benzene rings is 1. The van der Waals surface area contributed by atoms with Crippen LogP contribution in [-0.4, -0.2) is 40.9 Å². The molecule has 1 aromatic rings. The number of amides is 4. The van der Waals surface area contributed by atoms with Gasteiger partial charge in [-0.25, -0.2) is 13.6 Å². The lowest BCUT2D eigenvalue weighted by atomic mass is 9.93. The molecule has 2 N–H and O–H groups in total. The summed E-state index contributed by atoms with van der Waals surface area (Å²) in [6.45, 7) is 4.74. The van der Waals surface area contributed by atoms with E-state index in [4.69, 9.17) is 0 Å². The lowest BCUT2D eigenvalue weighted by molar-refractivity contribution is -0.135. The fourth-order valence-corrected chi connectivity index (χ4v) is 3.10. The zero-order valence-electron chi connectivity index (χ0n) is 15.1. The van der Waals surface area contributed by atoms with E-state index in [0.717, 1.165) is 17.0 Å². The molecule has 26 heavy (non-hydrogen) atoms. The molecule has 4 amide bonds. The number of rotatable bonds is 7. The molecule has 1 aliphatic heterocycles. The highest BCUT2D eigenvalue weighted by Gasteiger charge is 2.49. The standard InChI is InChI=1S/C18H23F2N3O3/c1-4-18(5-2)16(25)23(17(26)22-18)10-15(24)21-11(3)9-12-13(19)7-6-8-14(12)20/h6-8,11H,4-5,9-10H2,1-3H3,(H,21,24)(H,22,26). The van der Waals surface area contributed by atoms with Gasteiger partial charge in [-0.05, 0) is 38.3 Å². The van der Waals surface area contributed by atoms with Crippen molar-refractivity contribution in [2.75, 3.05) is 6.54 Å². The maximum Gasteiger partial charge on any atom is 0.325 e. The van der Waals surface area contributed by atoms with Crippen LogP contribution in [0.3, 0.4) is 0 Å². The molecule has 142 valence electrons. The van der Waals surface area contributed by atoms with Crippen LogP contribution in [-0.2, 0) is 16.0 Å². The molecule has 0 aliphatic carbocycles. The fraction of sp³-hybridized carbons (Fsp3) is 0.500. The predicted molar refractivity (Wildman–Crippen MR) is 91.2 cm³/mol. The Hall–Kier alpha value is -2.51. The van der Waals surface area contributed by atoms with E-state index in [1.165, 1.54) is 6.07 Å². The normalized spacial score (nSPS) is 17.2. The quantitative estimate of drug-likeness (QED) is 0.725. The van der Waals surface area contributed by atoms with Crippen molar-refractivity contribution in [3.8, 4) is 0 Å². The monoisotopic (exact) mass is 367 g/mol. The molecule has 0 saturated carbocycles. The third kappa shape index (κ3) is 3.84. The number of urea groups is 1. The average molecular weight is 367 g/mol. The van der Waals surface area contributed by atoms with Crippen LogP contribution in [0.15, 0.2) is 18.2 Å². The minimum atomic E-state index is -0.973. The molecule has 1 saturated heterocycles. The first-order chi connectivity index (χ1) is 12.2. The van der Waals surface area contributed by atoms with Crippen molar-refractivity contribution in [3.05, 3.63) is 35.4 Å². The van der Waals surface area contributed by atoms with Crippen molar-refractivity contribution < 1.29 is 23.2 Å². The Morgan fingerprint density at radius 2 is 1.81 bits per heavy atom. The summed E-state index contributed by atoms with van der Waals surface area (Å²) in [7, 11) is 0. The summed E-state index contributed by atoms with van der Waals surface area (Å²) in [5, 5.41) is 5.21. The van der Waals surface area contributed by atoms with E-state index < -0.39 is 47.6 Å². The summed E-state index contributed by atoms with van der Waals surface area (Å²) in [4.78, 5) is 37.5. The van der Waals surface area contributed by atoms with E-state index in [9.17, 15) is 23.2 Å². The van der Waals surface area contributed by atoms with E-state index >= 15 is 0 Å². The number of nitrogens with one attached hydrogen (secondary N) is 2. The van der Waals surface area contributed by atoms with E-state index in [0.29, 0.717) is 12.8 Å². The Kier molecular flexibility index (Phi) is 5.94. The van der Waals surface area contributed by atoms with Crippen molar-refractivity contribution in [2.45, 2.75) is 51.6 Å². The zero-order chi connectivity index (χ0) is 19.5. The number of nitrogens with zero attached hydrogens (tertiary/aromatic N) is 1. The van der Waals surface area contributed by atoms with E-state index in [1.807, 2.05) is 0 Å². The molecular weight excluding hydrogens is 344 g/mol. The summed E-state index contributed by atoms with van der Waals surface area (Å²) in [5.74, 6) is -2.37. The Labute approximate surface area is 150 Å². The van der Waals surface area contributed by atoms with Gasteiger partial charge in [0.1, 0.15) is 23.7 Å². The lowest BCUT2D eigenvalue weighted by Gasteiger charge is -2.23. The third-order valence-corrected chi connectivity index (χ3v) is 4.73. The highest BCUT2D eigenvalue weighted by molar-refractivity contribution is 6.08. The van der Waals surface area contributed by atoms with Gasteiger partial charge in [0.05, 0.1) is 0 Å². The smallest absolute Gasteiger partial charge is 0.325 e. The fourth-order valence-electron chi connectivity index (χ4n) is 3.10. The molecule has 0 aromatic heterocycles. The van der Waals surface area contributed by atoms with Gasteiger partial charge < -0.3 is 10.6 Å². The molecule has 2 rings (SSSR count). The largest absolute Gasteiger partial charge is 0.352 e. The van der Waals surface area contributed by atoms with E-state index in [1.54, 1.807) is 20.8 Å². The van der Waals surface area contributed by atoms with Crippen LogP contribution in [0.2, 0.25) is 0 Å². The highest BCUT2D eigenvalue weighted by atomic mass is 19.1. The van der Waals surface area contributed by atoms with Crippen LogP contribution < -0.4 is 10.6 Å². The van der Waals surface area contributed by atoms with Crippen molar-refractivity contribution >= 4 is 17.8 Å². The molecule has 1 atom stereocenters. The Bertz CT molecular complexity index is 699. The molecule has 0 spiro atoms. The Balaban J connectivity index is 1.98. The minimum Gasteiger partial charge on any atom is -0.352 e. The maximum atomic E-state index is 13.7. The molecule has 0 radical (unpaired) electrons. The van der Waals surface area contributed by atoms with E-state index in [-0.39, 0.29) is 12.0 Å². The minimum absolute atomic E-state index is 0.0434. The van der Waals surface area contributed by atoms with Crippen molar-refractivity contribution in [1.82, 2.24) is 15.5 Å². The molecule has 6 nitrogen and oxygen atoms in total. The molecular formula is C18H23F2N3O3. The summed E-state index contributed by atoms with van der Waals surface area (Å²) in [5.41, 5.74) is -1.09. The SMILES string of the molecule is CCC1(CC)NC(=O)N(CC(=O)NC(C)Cc2c(F)cccc2F)C1=O. The first-order valence-electron chi connectivity index (χ1n) is 8.60. The van der Waals surface area contributed by atoms with Crippen molar-refractivity contribution in [1.29, 1.82) is 0 Å². The molecule has 0 bridgehead atoms. The first kappa shape index (κ1) is 19.8. The van der Waals surface area contributed by atoms with Gasteiger partial charge >= 0.3 is 6.03 Å². The summed E-state index contributed by atoms with van der Waals surface area (Å²) in [6, 6.07) is 2.38. The number of hydrogen-bond acceptors (Lipinski definition) is 3.